The van der Waals surface area contributed by atoms with Crippen molar-refractivity contribution < 1.29 is 9.21 Å². The van der Waals surface area contributed by atoms with Crippen molar-refractivity contribution in [1.29, 1.82) is 0 Å². The molecular formula is C20H16N2O3. The lowest BCUT2D eigenvalue weighted by Gasteiger charge is -2.17. The molecule has 2 amide bonds. The van der Waals surface area contributed by atoms with Gasteiger partial charge in [-0.3, -0.25) is 4.79 Å². The number of rotatable bonds is 4. The van der Waals surface area contributed by atoms with Crippen LogP contribution in [0.4, 0.5) is 4.79 Å². The molecule has 0 aliphatic heterocycles. The molecule has 25 heavy (non-hydrogen) atoms. The highest BCUT2D eigenvalue weighted by atomic mass is 16.3. The van der Waals surface area contributed by atoms with Gasteiger partial charge in [-0.25, -0.2) is 9.79 Å². The van der Waals surface area contributed by atoms with Crippen LogP contribution in [0.3, 0.4) is 0 Å². The van der Waals surface area contributed by atoms with Crippen LogP contribution in [0.5, 0.6) is 0 Å². The Balaban J connectivity index is 2.32. The van der Waals surface area contributed by atoms with Gasteiger partial charge in [0.05, 0.1) is 10.9 Å². The van der Waals surface area contributed by atoms with Crippen LogP contribution in [0.25, 0.3) is 22.1 Å². The summed E-state index contributed by atoms with van der Waals surface area (Å²) in [5.74, 6) is 0.307. The number of aliphatic imine (C=N–C) groups is 1. The van der Waals surface area contributed by atoms with Crippen molar-refractivity contribution in [2.75, 3.05) is 0 Å². The molecule has 3 rings (SSSR count). The van der Waals surface area contributed by atoms with Crippen molar-refractivity contribution in [1.82, 2.24) is 5.32 Å². The highest BCUT2D eigenvalue weighted by Gasteiger charge is 2.22. The molecular weight excluding hydrogens is 316 g/mol. The first kappa shape index (κ1) is 16.4. The summed E-state index contributed by atoms with van der Waals surface area (Å²) in [7, 11) is 0. The van der Waals surface area contributed by atoms with E-state index in [1.54, 1.807) is 24.3 Å². The van der Waals surface area contributed by atoms with Gasteiger partial charge in [0.15, 0.2) is 0 Å². The minimum Gasteiger partial charge on any atom is -0.458 e. The molecule has 1 heterocycles. The third kappa shape index (κ3) is 3.12. The number of para-hydroxylation sites is 1. The average molecular weight is 332 g/mol. The van der Waals surface area contributed by atoms with E-state index in [-0.39, 0.29) is 5.43 Å². The maximum atomic E-state index is 13.1. The van der Waals surface area contributed by atoms with Crippen molar-refractivity contribution >= 4 is 23.7 Å². The molecule has 3 aromatic rings. The molecule has 2 aromatic carbocycles. The fraction of sp³-hybridized carbons (Fsp3) is 0.0500. The maximum Gasteiger partial charge on any atom is 0.341 e. The van der Waals surface area contributed by atoms with Gasteiger partial charge in [0.25, 0.3) is 0 Å². The summed E-state index contributed by atoms with van der Waals surface area (Å²) >= 11 is 0. The summed E-state index contributed by atoms with van der Waals surface area (Å²) < 4.78 is 5.98. The second kappa shape index (κ2) is 6.97. The highest BCUT2D eigenvalue weighted by Crippen LogP contribution is 2.29. The van der Waals surface area contributed by atoms with E-state index < -0.39 is 12.1 Å². The predicted molar refractivity (Wildman–Crippen MR) is 98.9 cm³/mol. The smallest absolute Gasteiger partial charge is 0.341 e. The van der Waals surface area contributed by atoms with Gasteiger partial charge >= 0.3 is 6.03 Å². The van der Waals surface area contributed by atoms with Gasteiger partial charge in [-0.15, -0.1) is 6.58 Å². The topological polar surface area (TPSA) is 71.7 Å². The quantitative estimate of drug-likeness (QED) is 0.577. The summed E-state index contributed by atoms with van der Waals surface area (Å²) in [4.78, 5) is 28.0. The number of nitrogens with zero attached hydrogens (tertiary/aromatic N) is 1. The number of nitrogens with one attached hydrogen (secondary N) is 1. The second-order valence-electron chi connectivity index (χ2n) is 5.35. The van der Waals surface area contributed by atoms with Crippen LogP contribution in [0, 0.1) is 0 Å². The number of hydrogen-bond donors (Lipinski definition) is 1. The van der Waals surface area contributed by atoms with Crippen LogP contribution in [0.2, 0.25) is 0 Å². The molecule has 5 nitrogen and oxygen atoms in total. The summed E-state index contributed by atoms with van der Waals surface area (Å²) in [5.41, 5.74) is 1.35. The molecule has 1 aromatic heterocycles. The Hall–Kier alpha value is -3.47. The first-order chi connectivity index (χ1) is 12.2. The van der Waals surface area contributed by atoms with Crippen LogP contribution in [-0.4, -0.2) is 12.7 Å². The average Bonchev–Trinajstić information content (AvgIpc) is 2.66. The van der Waals surface area contributed by atoms with Crippen molar-refractivity contribution in [3.63, 3.8) is 0 Å². The first-order valence-electron chi connectivity index (χ1n) is 7.66. The van der Waals surface area contributed by atoms with Crippen LogP contribution in [-0.2, 0) is 0 Å². The fourth-order valence-corrected chi connectivity index (χ4v) is 2.67. The minimum atomic E-state index is -0.717. The maximum absolute atomic E-state index is 13.1. The molecule has 1 atom stereocenters. The van der Waals surface area contributed by atoms with Crippen LogP contribution < -0.4 is 10.7 Å². The fourth-order valence-electron chi connectivity index (χ4n) is 2.67. The van der Waals surface area contributed by atoms with E-state index in [2.05, 4.69) is 23.6 Å². The monoisotopic (exact) mass is 332 g/mol. The highest BCUT2D eigenvalue weighted by molar-refractivity contribution is 5.84. The van der Waals surface area contributed by atoms with Gasteiger partial charge in [-0.05, 0) is 24.4 Å². The molecule has 0 bridgehead atoms. The number of carbonyl (C=O) groups is 1. The van der Waals surface area contributed by atoms with Crippen LogP contribution in [0.1, 0.15) is 11.8 Å². The Bertz CT molecular complexity index is 1010. The Labute approximate surface area is 144 Å². The Morgan fingerprint density at radius 3 is 2.48 bits per heavy atom. The van der Waals surface area contributed by atoms with Crippen molar-refractivity contribution in [2.45, 2.75) is 6.04 Å². The molecule has 0 aliphatic rings. The molecule has 124 valence electrons. The van der Waals surface area contributed by atoms with E-state index in [0.29, 0.717) is 27.9 Å². The normalized spacial score (nSPS) is 11.7. The van der Waals surface area contributed by atoms with Gasteiger partial charge in [0.1, 0.15) is 17.4 Å². The zero-order chi connectivity index (χ0) is 17.8. The van der Waals surface area contributed by atoms with E-state index in [1.165, 1.54) is 6.08 Å². The summed E-state index contributed by atoms with van der Waals surface area (Å²) in [6.07, 6.45) is 1.49. The number of amides is 2. The molecule has 0 radical (unpaired) electrons. The third-order valence-corrected chi connectivity index (χ3v) is 3.83. The van der Waals surface area contributed by atoms with Gasteiger partial charge in [0, 0.05) is 0 Å². The summed E-state index contributed by atoms with van der Waals surface area (Å²) in [6, 6.07) is 14.8. The molecule has 1 N–H and O–H groups in total. The molecule has 0 fully saturated rings. The number of fused-ring (bicyclic) bond motifs is 1. The van der Waals surface area contributed by atoms with Crippen LogP contribution in [0.15, 0.2) is 81.5 Å². The van der Waals surface area contributed by atoms with E-state index >= 15 is 0 Å². The molecule has 0 aliphatic carbocycles. The largest absolute Gasteiger partial charge is 0.458 e. The lowest BCUT2D eigenvalue weighted by molar-refractivity contribution is 0.246. The zero-order valence-corrected chi connectivity index (χ0v) is 13.4. The predicted octanol–water partition coefficient (Wildman–Crippen LogP) is 4.10. The summed E-state index contributed by atoms with van der Waals surface area (Å²) in [5, 5.41) is 3.09. The molecule has 1 unspecified atom stereocenters. The van der Waals surface area contributed by atoms with Crippen molar-refractivity contribution in [3.05, 3.63) is 83.2 Å². The van der Waals surface area contributed by atoms with Gasteiger partial charge in [-0.1, -0.05) is 48.5 Å². The SMILES string of the molecule is C=CC(NC(=O)N=C)c1oc2ccccc2c(=O)c1-c1ccccc1. The first-order valence-corrected chi connectivity index (χ1v) is 7.66. The lowest BCUT2D eigenvalue weighted by atomic mass is 9.98. The van der Waals surface area contributed by atoms with E-state index in [9.17, 15) is 9.59 Å². The van der Waals surface area contributed by atoms with Crippen LogP contribution >= 0.6 is 0 Å². The summed E-state index contributed by atoms with van der Waals surface area (Å²) in [6.45, 7) is 6.93. The van der Waals surface area contributed by atoms with E-state index in [0.717, 1.165) is 0 Å². The number of hydrogen-bond acceptors (Lipinski definition) is 3. The Morgan fingerprint density at radius 2 is 1.80 bits per heavy atom. The molecule has 5 heteroatoms. The number of urea groups is 1. The third-order valence-electron chi connectivity index (χ3n) is 3.83. The van der Waals surface area contributed by atoms with Gasteiger partial charge in [-0.2, -0.15) is 0 Å². The van der Waals surface area contributed by atoms with Gasteiger partial charge < -0.3 is 9.73 Å². The number of carbonyl (C=O) groups excluding carboxylic acids is 1. The molecule has 0 saturated carbocycles. The van der Waals surface area contributed by atoms with Gasteiger partial charge in [0.2, 0.25) is 5.43 Å². The number of benzene rings is 2. The van der Waals surface area contributed by atoms with Crippen molar-refractivity contribution in [3.8, 4) is 11.1 Å². The molecule has 0 spiro atoms. The Kier molecular flexibility index (Phi) is 4.57. The minimum absolute atomic E-state index is 0.171. The molecule has 0 saturated heterocycles. The van der Waals surface area contributed by atoms with E-state index in [1.807, 2.05) is 30.3 Å². The standard InChI is InChI=1S/C20H16N2O3/c1-3-15(22-20(24)21-2)19-17(13-9-5-4-6-10-13)18(23)14-11-7-8-12-16(14)25-19/h3-12,15H,1-2H2,(H,22,24). The second-order valence-corrected chi connectivity index (χ2v) is 5.35. The lowest BCUT2D eigenvalue weighted by Crippen LogP contribution is -2.26. The Morgan fingerprint density at radius 1 is 1.12 bits per heavy atom. The van der Waals surface area contributed by atoms with Crippen molar-refractivity contribution in [2.24, 2.45) is 4.99 Å². The zero-order valence-electron chi connectivity index (χ0n) is 13.4. The van der Waals surface area contributed by atoms with E-state index in [4.69, 9.17) is 4.42 Å².